The van der Waals surface area contributed by atoms with Crippen LogP contribution < -0.4 is 5.32 Å². The molecule has 0 bridgehead atoms. The Morgan fingerprint density at radius 2 is 2.05 bits per heavy atom. The largest absolute Gasteiger partial charge is 0.507 e. The third-order valence-electron chi connectivity index (χ3n) is 2.79. The fourth-order valence-corrected chi connectivity index (χ4v) is 1.70. The van der Waals surface area contributed by atoms with Gasteiger partial charge in [0.1, 0.15) is 17.1 Å². The van der Waals surface area contributed by atoms with Crippen LogP contribution in [0.3, 0.4) is 0 Å². The molecule has 0 aliphatic rings. The van der Waals surface area contributed by atoms with Crippen LogP contribution in [0.15, 0.2) is 18.2 Å². The Morgan fingerprint density at radius 1 is 1.30 bits per heavy atom. The first-order valence-electron chi connectivity index (χ1n) is 6.38. The van der Waals surface area contributed by atoms with Gasteiger partial charge in [-0.1, -0.05) is 12.5 Å². The number of unbranched alkanes of at least 4 members (excludes halogenated alkanes) is 2. The topological polar surface area (TPSA) is 75.6 Å². The zero-order chi connectivity index (χ0) is 15.0. The van der Waals surface area contributed by atoms with Crippen molar-refractivity contribution in [2.75, 3.05) is 13.7 Å². The molecule has 1 rings (SSSR count). The number of amides is 1. The van der Waals surface area contributed by atoms with Gasteiger partial charge >= 0.3 is 5.97 Å². The van der Waals surface area contributed by atoms with Crippen molar-refractivity contribution in [2.24, 2.45) is 0 Å². The number of benzene rings is 1. The molecule has 0 aliphatic heterocycles. The van der Waals surface area contributed by atoms with Crippen LogP contribution in [0.4, 0.5) is 4.39 Å². The van der Waals surface area contributed by atoms with E-state index < -0.39 is 11.7 Å². The molecule has 110 valence electrons. The molecule has 0 atom stereocenters. The van der Waals surface area contributed by atoms with Gasteiger partial charge in [0.2, 0.25) is 0 Å². The second-order valence-electron chi connectivity index (χ2n) is 4.28. The highest BCUT2D eigenvalue weighted by molar-refractivity contribution is 5.97. The van der Waals surface area contributed by atoms with Gasteiger partial charge in [0.15, 0.2) is 0 Å². The molecule has 0 radical (unpaired) electrons. The average Bonchev–Trinajstić information content (AvgIpc) is 2.42. The Kier molecular flexibility index (Phi) is 6.49. The van der Waals surface area contributed by atoms with E-state index in [0.717, 1.165) is 12.5 Å². The van der Waals surface area contributed by atoms with Crippen LogP contribution in [0.2, 0.25) is 0 Å². The SMILES string of the molecule is COC(=O)CCCCCNC(=O)c1c(O)cccc1F. The van der Waals surface area contributed by atoms with Gasteiger partial charge in [0.25, 0.3) is 5.91 Å². The van der Waals surface area contributed by atoms with Crippen LogP contribution in [0.25, 0.3) is 0 Å². The van der Waals surface area contributed by atoms with E-state index in [4.69, 9.17) is 0 Å². The molecule has 5 nitrogen and oxygen atoms in total. The van der Waals surface area contributed by atoms with Crippen molar-refractivity contribution in [2.45, 2.75) is 25.7 Å². The number of methoxy groups -OCH3 is 1. The Morgan fingerprint density at radius 3 is 2.70 bits per heavy atom. The minimum atomic E-state index is -0.756. The summed E-state index contributed by atoms with van der Waals surface area (Å²) >= 11 is 0. The third-order valence-corrected chi connectivity index (χ3v) is 2.79. The molecule has 0 saturated heterocycles. The van der Waals surface area contributed by atoms with Crippen molar-refractivity contribution in [3.8, 4) is 5.75 Å². The normalized spacial score (nSPS) is 10.1. The van der Waals surface area contributed by atoms with Gasteiger partial charge in [-0.3, -0.25) is 9.59 Å². The summed E-state index contributed by atoms with van der Waals surface area (Å²) in [4.78, 5) is 22.5. The monoisotopic (exact) mass is 283 g/mol. The molecule has 1 amide bonds. The molecule has 0 aliphatic carbocycles. The van der Waals surface area contributed by atoms with Crippen molar-refractivity contribution in [3.63, 3.8) is 0 Å². The lowest BCUT2D eigenvalue weighted by Crippen LogP contribution is -2.25. The van der Waals surface area contributed by atoms with Crippen molar-refractivity contribution in [1.82, 2.24) is 5.32 Å². The number of carbonyl (C=O) groups is 2. The maximum atomic E-state index is 13.4. The van der Waals surface area contributed by atoms with E-state index in [9.17, 15) is 19.1 Å². The molecule has 6 heteroatoms. The lowest BCUT2D eigenvalue weighted by atomic mass is 10.1. The van der Waals surface area contributed by atoms with Gasteiger partial charge in [0, 0.05) is 13.0 Å². The van der Waals surface area contributed by atoms with Gasteiger partial charge < -0.3 is 15.2 Å². The van der Waals surface area contributed by atoms with Gasteiger partial charge in [-0.25, -0.2) is 4.39 Å². The van der Waals surface area contributed by atoms with Gasteiger partial charge in [-0.2, -0.15) is 0 Å². The van der Waals surface area contributed by atoms with Gasteiger partial charge in [-0.05, 0) is 25.0 Å². The summed E-state index contributed by atoms with van der Waals surface area (Å²) in [6.07, 6.45) is 2.43. The first kappa shape index (κ1) is 15.9. The number of nitrogens with one attached hydrogen (secondary N) is 1. The summed E-state index contributed by atoms with van der Waals surface area (Å²) in [5.41, 5.74) is -0.345. The molecule has 20 heavy (non-hydrogen) atoms. The van der Waals surface area contributed by atoms with E-state index in [1.807, 2.05) is 0 Å². The number of hydrogen-bond donors (Lipinski definition) is 2. The number of ether oxygens (including phenoxy) is 1. The first-order chi connectivity index (χ1) is 9.56. The van der Waals surface area contributed by atoms with E-state index in [2.05, 4.69) is 10.1 Å². The number of aromatic hydroxyl groups is 1. The molecule has 0 unspecified atom stereocenters. The Balaban J connectivity index is 2.29. The average molecular weight is 283 g/mol. The number of carbonyl (C=O) groups excluding carboxylic acids is 2. The second kappa shape index (κ2) is 8.14. The van der Waals surface area contributed by atoms with Crippen molar-refractivity contribution in [1.29, 1.82) is 0 Å². The highest BCUT2D eigenvalue weighted by atomic mass is 19.1. The maximum Gasteiger partial charge on any atom is 0.305 e. The molecule has 2 N–H and O–H groups in total. The highest BCUT2D eigenvalue weighted by Gasteiger charge is 2.15. The zero-order valence-corrected chi connectivity index (χ0v) is 11.3. The Bertz CT molecular complexity index is 456. The molecule has 1 aromatic rings. The lowest BCUT2D eigenvalue weighted by Gasteiger charge is -2.07. The number of esters is 1. The summed E-state index contributed by atoms with van der Waals surface area (Å²) < 4.78 is 17.9. The molecule has 0 aromatic heterocycles. The fourth-order valence-electron chi connectivity index (χ4n) is 1.70. The zero-order valence-electron chi connectivity index (χ0n) is 11.3. The van der Waals surface area contributed by atoms with E-state index in [1.54, 1.807) is 0 Å². The Hall–Kier alpha value is -2.11. The predicted octanol–water partition coefficient (Wildman–Crippen LogP) is 1.99. The number of phenols is 1. The smallest absolute Gasteiger partial charge is 0.305 e. The van der Waals surface area contributed by atoms with Crippen LogP contribution in [0.5, 0.6) is 5.75 Å². The molecule has 0 spiro atoms. The van der Waals surface area contributed by atoms with E-state index in [0.29, 0.717) is 25.8 Å². The first-order valence-corrected chi connectivity index (χ1v) is 6.38. The lowest BCUT2D eigenvalue weighted by molar-refractivity contribution is -0.140. The van der Waals surface area contributed by atoms with Gasteiger partial charge in [-0.15, -0.1) is 0 Å². The molecule has 1 aromatic carbocycles. The van der Waals surface area contributed by atoms with Gasteiger partial charge in [0.05, 0.1) is 7.11 Å². The molecule has 0 fully saturated rings. The number of halogens is 1. The highest BCUT2D eigenvalue weighted by Crippen LogP contribution is 2.19. The summed E-state index contributed by atoms with van der Waals surface area (Å²) in [6.45, 7) is 0.355. The van der Waals surface area contributed by atoms with Crippen molar-refractivity contribution >= 4 is 11.9 Å². The second-order valence-corrected chi connectivity index (χ2v) is 4.28. The van der Waals surface area contributed by atoms with Crippen molar-refractivity contribution < 1.29 is 23.8 Å². The third kappa shape index (κ3) is 4.87. The van der Waals surface area contributed by atoms with Crippen LogP contribution in [-0.4, -0.2) is 30.6 Å². The van der Waals surface area contributed by atoms with E-state index in [-0.39, 0.29) is 17.3 Å². The quantitative estimate of drug-likeness (QED) is 0.593. The Labute approximate surface area is 116 Å². The van der Waals surface area contributed by atoms with Crippen LogP contribution in [-0.2, 0) is 9.53 Å². The number of phenolic OH excluding ortho intramolecular Hbond substituents is 1. The van der Waals surface area contributed by atoms with E-state index >= 15 is 0 Å². The maximum absolute atomic E-state index is 13.4. The minimum Gasteiger partial charge on any atom is -0.507 e. The summed E-state index contributed by atoms with van der Waals surface area (Å²) in [5.74, 6) is -2.04. The van der Waals surface area contributed by atoms with Crippen molar-refractivity contribution in [3.05, 3.63) is 29.6 Å². The summed E-state index contributed by atoms with van der Waals surface area (Å²) in [5, 5.41) is 12.0. The van der Waals surface area contributed by atoms with Crippen LogP contribution >= 0.6 is 0 Å². The molecular formula is C14H18FNO4. The standard InChI is InChI=1S/C14H18FNO4/c1-20-12(18)8-3-2-4-9-16-14(19)13-10(15)6-5-7-11(13)17/h5-7,17H,2-4,8-9H2,1H3,(H,16,19). The predicted molar refractivity (Wildman–Crippen MR) is 70.9 cm³/mol. The molecular weight excluding hydrogens is 265 g/mol. The molecule has 0 heterocycles. The van der Waals surface area contributed by atoms with E-state index in [1.165, 1.54) is 19.2 Å². The molecule has 0 saturated carbocycles. The van der Waals surface area contributed by atoms with Crippen LogP contribution in [0, 0.1) is 5.82 Å². The van der Waals surface area contributed by atoms with Crippen LogP contribution in [0.1, 0.15) is 36.0 Å². The summed E-state index contributed by atoms with van der Waals surface area (Å²) in [7, 11) is 1.34. The summed E-state index contributed by atoms with van der Waals surface area (Å²) in [6, 6.07) is 3.70. The minimum absolute atomic E-state index is 0.259. The number of hydrogen-bond acceptors (Lipinski definition) is 4. The number of rotatable bonds is 7. The fraction of sp³-hybridized carbons (Fsp3) is 0.429.